The predicted octanol–water partition coefficient (Wildman–Crippen LogP) is 1.18. The third kappa shape index (κ3) is 4.40. The number of hydrogen-bond donors (Lipinski definition) is 0. The normalized spacial score (nSPS) is 19.7. The highest BCUT2D eigenvalue weighted by atomic mass is 32.2. The van der Waals surface area contributed by atoms with Gasteiger partial charge in [-0.15, -0.1) is 0 Å². The van der Waals surface area contributed by atoms with Crippen molar-refractivity contribution >= 4 is 21.8 Å². The summed E-state index contributed by atoms with van der Waals surface area (Å²) in [6.45, 7) is 5.60. The fraction of sp³-hybridized carbons (Fsp3) is 0.600. The summed E-state index contributed by atoms with van der Waals surface area (Å²) in [5.74, 6) is 0.538. The monoisotopic (exact) mass is 423 g/mol. The van der Waals surface area contributed by atoms with Crippen LogP contribution in [0, 0.1) is 5.92 Å². The maximum Gasteiger partial charge on any atom is 0.245 e. The summed E-state index contributed by atoms with van der Waals surface area (Å²) < 4.78 is 32.3. The van der Waals surface area contributed by atoms with Gasteiger partial charge in [0, 0.05) is 39.1 Å². The summed E-state index contributed by atoms with van der Waals surface area (Å²) in [6, 6.07) is 5.81. The van der Waals surface area contributed by atoms with E-state index in [2.05, 4.69) is 0 Å². The minimum atomic E-state index is -3.62. The van der Waals surface area contributed by atoms with Gasteiger partial charge in [0.2, 0.25) is 21.8 Å². The Hall–Kier alpha value is -2.13. The van der Waals surface area contributed by atoms with Crippen LogP contribution in [0.15, 0.2) is 29.2 Å². The Bertz CT molecular complexity index is 845. The van der Waals surface area contributed by atoms with Gasteiger partial charge in [0.25, 0.3) is 0 Å². The molecule has 29 heavy (non-hydrogen) atoms. The molecule has 0 aliphatic carbocycles. The number of hydrogen-bond acceptors (Lipinski definition) is 5. The van der Waals surface area contributed by atoms with E-state index in [4.69, 9.17) is 4.74 Å². The minimum absolute atomic E-state index is 0.00520. The Labute approximate surface area is 172 Å². The largest absolute Gasteiger partial charge is 0.497 e. The zero-order chi connectivity index (χ0) is 21.2. The lowest BCUT2D eigenvalue weighted by Gasteiger charge is -2.39. The predicted molar refractivity (Wildman–Crippen MR) is 108 cm³/mol. The number of amides is 2. The first kappa shape index (κ1) is 21.6. The Morgan fingerprint density at radius 2 is 1.66 bits per heavy atom. The molecule has 0 radical (unpaired) electrons. The van der Waals surface area contributed by atoms with Crippen LogP contribution in [0.25, 0.3) is 0 Å². The van der Waals surface area contributed by atoms with E-state index in [-0.39, 0.29) is 35.7 Å². The Kier molecular flexibility index (Phi) is 6.48. The number of methoxy groups -OCH3 is 1. The number of benzene rings is 1. The van der Waals surface area contributed by atoms with Crippen molar-refractivity contribution in [2.24, 2.45) is 5.92 Å². The molecule has 9 heteroatoms. The highest BCUT2D eigenvalue weighted by Gasteiger charge is 2.39. The van der Waals surface area contributed by atoms with Crippen LogP contribution in [0.4, 0.5) is 0 Å². The molecule has 0 spiro atoms. The highest BCUT2D eigenvalue weighted by molar-refractivity contribution is 7.89. The zero-order valence-electron chi connectivity index (χ0n) is 17.2. The summed E-state index contributed by atoms with van der Waals surface area (Å²) in [4.78, 5) is 28.9. The summed E-state index contributed by atoms with van der Waals surface area (Å²) in [5, 5.41) is 0. The molecule has 2 amide bonds. The molecule has 2 saturated heterocycles. The fourth-order valence-corrected chi connectivity index (χ4v) is 5.40. The van der Waals surface area contributed by atoms with Crippen LogP contribution in [0.5, 0.6) is 5.75 Å². The van der Waals surface area contributed by atoms with Gasteiger partial charge >= 0.3 is 0 Å². The van der Waals surface area contributed by atoms with Crippen molar-refractivity contribution in [2.75, 3.05) is 39.8 Å². The van der Waals surface area contributed by atoms with Crippen LogP contribution >= 0.6 is 0 Å². The van der Waals surface area contributed by atoms with E-state index in [0.29, 0.717) is 31.8 Å². The van der Waals surface area contributed by atoms with Crippen molar-refractivity contribution < 1.29 is 22.7 Å². The summed E-state index contributed by atoms with van der Waals surface area (Å²) in [7, 11) is -2.09. The summed E-state index contributed by atoms with van der Waals surface area (Å²) in [5.41, 5.74) is 0. The molecule has 1 atom stereocenters. The second-order valence-electron chi connectivity index (χ2n) is 7.78. The number of nitrogens with zero attached hydrogens (tertiary/aromatic N) is 3. The molecule has 160 valence electrons. The van der Waals surface area contributed by atoms with Gasteiger partial charge < -0.3 is 14.5 Å². The highest BCUT2D eigenvalue weighted by Crippen LogP contribution is 2.24. The molecule has 2 heterocycles. The van der Waals surface area contributed by atoms with Crippen molar-refractivity contribution in [2.45, 2.75) is 37.6 Å². The summed E-state index contributed by atoms with van der Waals surface area (Å²) in [6.07, 6.45) is 1.27. The molecule has 0 saturated carbocycles. The van der Waals surface area contributed by atoms with Crippen molar-refractivity contribution in [1.29, 1.82) is 0 Å². The quantitative estimate of drug-likeness (QED) is 0.686. The van der Waals surface area contributed by atoms with Crippen LogP contribution in [-0.2, 0) is 19.6 Å². The topological polar surface area (TPSA) is 87.2 Å². The Balaban J connectivity index is 1.67. The third-order valence-electron chi connectivity index (χ3n) is 5.58. The van der Waals surface area contributed by atoms with E-state index >= 15 is 0 Å². The van der Waals surface area contributed by atoms with Crippen LogP contribution in [0.3, 0.4) is 0 Å². The van der Waals surface area contributed by atoms with Gasteiger partial charge in [-0.25, -0.2) is 8.42 Å². The van der Waals surface area contributed by atoms with Gasteiger partial charge in [0.05, 0.1) is 12.0 Å². The van der Waals surface area contributed by atoms with Gasteiger partial charge in [-0.3, -0.25) is 9.59 Å². The second-order valence-corrected chi connectivity index (χ2v) is 9.72. The van der Waals surface area contributed by atoms with Gasteiger partial charge in [-0.2, -0.15) is 4.31 Å². The number of piperazine rings is 1. The van der Waals surface area contributed by atoms with Crippen LogP contribution < -0.4 is 4.74 Å². The number of carbonyl (C=O) groups excluding carboxylic acids is 2. The molecule has 0 aromatic heterocycles. The smallest absolute Gasteiger partial charge is 0.245 e. The maximum atomic E-state index is 13.1. The molecule has 0 bridgehead atoms. The number of carbonyl (C=O) groups is 2. The number of sulfonamides is 1. The van der Waals surface area contributed by atoms with Crippen LogP contribution in [0.1, 0.15) is 26.7 Å². The van der Waals surface area contributed by atoms with Gasteiger partial charge in [-0.1, -0.05) is 13.8 Å². The van der Waals surface area contributed by atoms with E-state index in [0.717, 1.165) is 6.42 Å². The standard InChI is InChI=1S/C20H29N3O5S/c1-15(2)19(23-10-4-5-18(23)24)20(25)21-11-13-22(14-12-21)29(26,27)17-8-6-16(28-3)7-9-17/h6-9,15,19H,4-5,10-14H2,1-3H3. The molecule has 2 aliphatic heterocycles. The van der Waals surface area contributed by atoms with E-state index in [1.165, 1.54) is 23.5 Å². The van der Waals surface area contributed by atoms with E-state index in [1.54, 1.807) is 21.9 Å². The Morgan fingerprint density at radius 1 is 1.03 bits per heavy atom. The minimum Gasteiger partial charge on any atom is -0.497 e. The average Bonchev–Trinajstić information content (AvgIpc) is 3.13. The molecule has 1 aromatic rings. The lowest BCUT2D eigenvalue weighted by Crippen LogP contribution is -2.57. The molecule has 2 fully saturated rings. The lowest BCUT2D eigenvalue weighted by atomic mass is 10.0. The molecular formula is C20H29N3O5S. The molecule has 1 aromatic carbocycles. The number of likely N-dealkylation sites (tertiary alicyclic amines) is 1. The first-order valence-corrected chi connectivity index (χ1v) is 11.4. The van der Waals surface area contributed by atoms with E-state index in [9.17, 15) is 18.0 Å². The lowest BCUT2D eigenvalue weighted by molar-refractivity contribution is -0.146. The first-order chi connectivity index (χ1) is 13.8. The second kappa shape index (κ2) is 8.71. The number of ether oxygens (including phenoxy) is 1. The Morgan fingerprint density at radius 3 is 2.14 bits per heavy atom. The molecule has 0 N–H and O–H groups in total. The third-order valence-corrected chi connectivity index (χ3v) is 7.49. The van der Waals surface area contributed by atoms with Crippen molar-refractivity contribution in [3.05, 3.63) is 24.3 Å². The van der Waals surface area contributed by atoms with Gasteiger partial charge in [0.1, 0.15) is 11.8 Å². The van der Waals surface area contributed by atoms with E-state index in [1.807, 2.05) is 13.8 Å². The van der Waals surface area contributed by atoms with Crippen molar-refractivity contribution in [3.8, 4) is 5.75 Å². The van der Waals surface area contributed by atoms with Gasteiger partial charge in [-0.05, 0) is 36.6 Å². The molecular weight excluding hydrogens is 394 g/mol. The van der Waals surface area contributed by atoms with Crippen LogP contribution in [-0.4, -0.2) is 80.2 Å². The molecule has 3 rings (SSSR count). The first-order valence-electron chi connectivity index (χ1n) is 9.98. The SMILES string of the molecule is COc1ccc(S(=O)(=O)N2CCN(C(=O)C(C(C)C)N3CCCC3=O)CC2)cc1. The molecule has 8 nitrogen and oxygen atoms in total. The summed E-state index contributed by atoms with van der Waals surface area (Å²) >= 11 is 0. The van der Waals surface area contributed by atoms with Crippen molar-refractivity contribution in [1.82, 2.24) is 14.1 Å². The zero-order valence-corrected chi connectivity index (χ0v) is 18.0. The molecule has 1 unspecified atom stereocenters. The average molecular weight is 424 g/mol. The maximum absolute atomic E-state index is 13.1. The van der Waals surface area contributed by atoms with Gasteiger partial charge in [0.15, 0.2) is 0 Å². The van der Waals surface area contributed by atoms with Crippen LogP contribution in [0.2, 0.25) is 0 Å². The van der Waals surface area contributed by atoms with E-state index < -0.39 is 16.1 Å². The fourth-order valence-electron chi connectivity index (χ4n) is 3.97. The number of rotatable bonds is 6. The van der Waals surface area contributed by atoms with Crippen molar-refractivity contribution in [3.63, 3.8) is 0 Å². The molecule has 2 aliphatic rings.